The molecule has 3 nitrogen and oxygen atoms in total. The fourth-order valence-electron chi connectivity index (χ4n) is 1.99. The fraction of sp³-hybridized carbons (Fsp3) is 0.0667. The van der Waals surface area contributed by atoms with E-state index >= 15 is 0 Å². The Kier molecular flexibility index (Phi) is 3.89. The highest BCUT2D eigenvalue weighted by molar-refractivity contribution is 6.36. The number of aromatic nitrogens is 2. The Labute approximate surface area is 136 Å². The van der Waals surface area contributed by atoms with E-state index < -0.39 is 0 Å². The van der Waals surface area contributed by atoms with Crippen LogP contribution in [0.4, 0.5) is 0 Å². The van der Waals surface area contributed by atoms with Gasteiger partial charge in [-0.2, -0.15) is 0 Å². The number of halogens is 3. The lowest BCUT2D eigenvalue weighted by Crippen LogP contribution is -1.93. The van der Waals surface area contributed by atoms with E-state index in [-0.39, 0.29) is 0 Å². The molecule has 106 valence electrons. The van der Waals surface area contributed by atoms with Crippen molar-refractivity contribution in [1.29, 1.82) is 0 Å². The first-order chi connectivity index (χ1) is 10.1. The van der Waals surface area contributed by atoms with Crippen LogP contribution >= 0.6 is 34.8 Å². The summed E-state index contributed by atoms with van der Waals surface area (Å²) in [7, 11) is 1.60. The van der Waals surface area contributed by atoms with Gasteiger partial charge in [0, 0.05) is 22.0 Å². The second-order valence-electron chi connectivity index (χ2n) is 4.35. The molecule has 0 saturated heterocycles. The summed E-state index contributed by atoms with van der Waals surface area (Å²) in [6.07, 6.45) is 0. The maximum Gasteiger partial charge on any atom is 0.162 e. The van der Waals surface area contributed by atoms with Crippen LogP contribution < -0.4 is 4.74 Å². The van der Waals surface area contributed by atoms with Crippen molar-refractivity contribution in [3.8, 4) is 17.1 Å². The van der Waals surface area contributed by atoms with Gasteiger partial charge in [-0.1, -0.05) is 34.8 Å². The van der Waals surface area contributed by atoms with E-state index in [0.29, 0.717) is 37.9 Å². The van der Waals surface area contributed by atoms with Crippen molar-refractivity contribution >= 4 is 45.7 Å². The topological polar surface area (TPSA) is 35.0 Å². The maximum absolute atomic E-state index is 6.23. The molecular weight excluding hydrogens is 331 g/mol. The van der Waals surface area contributed by atoms with E-state index in [9.17, 15) is 0 Å². The second kappa shape index (κ2) is 5.68. The van der Waals surface area contributed by atoms with Gasteiger partial charge >= 0.3 is 0 Å². The predicted molar refractivity (Wildman–Crippen MR) is 86.6 cm³/mol. The quantitative estimate of drug-likeness (QED) is 0.597. The normalized spacial score (nSPS) is 10.9. The zero-order valence-electron chi connectivity index (χ0n) is 10.9. The molecule has 1 aromatic heterocycles. The largest absolute Gasteiger partial charge is 0.497 e. The number of fused-ring (bicyclic) bond motifs is 1. The molecule has 3 rings (SSSR count). The minimum Gasteiger partial charge on any atom is -0.497 e. The minimum absolute atomic E-state index is 0.365. The van der Waals surface area contributed by atoms with Crippen molar-refractivity contribution in [1.82, 2.24) is 9.97 Å². The maximum atomic E-state index is 6.23. The van der Waals surface area contributed by atoms with Gasteiger partial charge in [0.15, 0.2) is 5.82 Å². The highest BCUT2D eigenvalue weighted by Gasteiger charge is 2.12. The van der Waals surface area contributed by atoms with Gasteiger partial charge in [-0.05, 0) is 30.3 Å². The molecule has 0 atom stereocenters. The Bertz CT molecular complexity index is 837. The van der Waals surface area contributed by atoms with Crippen LogP contribution in [-0.4, -0.2) is 17.1 Å². The minimum atomic E-state index is 0.365. The summed E-state index contributed by atoms with van der Waals surface area (Å²) < 4.78 is 5.20. The summed E-state index contributed by atoms with van der Waals surface area (Å²) >= 11 is 18.3. The molecule has 0 aliphatic heterocycles. The Hall–Kier alpha value is -1.55. The van der Waals surface area contributed by atoms with Crippen LogP contribution in [-0.2, 0) is 0 Å². The molecule has 0 N–H and O–H groups in total. The lowest BCUT2D eigenvalue weighted by atomic mass is 10.2. The molecule has 0 aliphatic rings. The Balaban J connectivity index is 2.23. The smallest absolute Gasteiger partial charge is 0.162 e. The molecule has 1 heterocycles. The number of methoxy groups -OCH3 is 1. The lowest BCUT2D eigenvalue weighted by molar-refractivity contribution is 0.415. The SMILES string of the molecule is COc1ccc2c(Cl)nc(-c3ccc(Cl)cc3Cl)nc2c1. The van der Waals surface area contributed by atoms with Gasteiger partial charge in [-0.25, -0.2) is 9.97 Å². The zero-order chi connectivity index (χ0) is 15.0. The van der Waals surface area contributed by atoms with E-state index in [1.54, 1.807) is 31.4 Å². The van der Waals surface area contributed by atoms with E-state index in [2.05, 4.69) is 9.97 Å². The summed E-state index contributed by atoms with van der Waals surface area (Å²) in [4.78, 5) is 8.81. The Morgan fingerprint density at radius 1 is 0.952 bits per heavy atom. The van der Waals surface area contributed by atoms with Crippen LogP contribution in [0.1, 0.15) is 0 Å². The van der Waals surface area contributed by atoms with Gasteiger partial charge in [0.2, 0.25) is 0 Å². The molecular formula is C15H9Cl3N2O. The van der Waals surface area contributed by atoms with Gasteiger partial charge < -0.3 is 4.74 Å². The van der Waals surface area contributed by atoms with Crippen molar-refractivity contribution in [3.05, 3.63) is 51.6 Å². The van der Waals surface area contributed by atoms with Gasteiger partial charge in [-0.15, -0.1) is 0 Å². The summed E-state index contributed by atoms with van der Waals surface area (Å²) in [6, 6.07) is 10.6. The fourth-order valence-corrected chi connectivity index (χ4v) is 2.72. The highest BCUT2D eigenvalue weighted by Crippen LogP contribution is 2.32. The third-order valence-electron chi connectivity index (χ3n) is 3.03. The van der Waals surface area contributed by atoms with Gasteiger partial charge in [0.05, 0.1) is 17.6 Å². The van der Waals surface area contributed by atoms with Gasteiger partial charge in [-0.3, -0.25) is 0 Å². The van der Waals surface area contributed by atoms with Crippen molar-refractivity contribution in [2.75, 3.05) is 7.11 Å². The molecule has 3 aromatic rings. The monoisotopic (exact) mass is 338 g/mol. The number of rotatable bonds is 2. The summed E-state index contributed by atoms with van der Waals surface area (Å²) in [5, 5.41) is 2.15. The molecule has 6 heteroatoms. The first-order valence-corrected chi connectivity index (χ1v) is 7.18. The Morgan fingerprint density at radius 3 is 2.48 bits per heavy atom. The van der Waals surface area contributed by atoms with E-state index in [4.69, 9.17) is 39.5 Å². The summed E-state index contributed by atoms with van der Waals surface area (Å²) in [6.45, 7) is 0. The molecule has 21 heavy (non-hydrogen) atoms. The third kappa shape index (κ3) is 2.77. The van der Waals surface area contributed by atoms with Crippen LogP contribution in [0.2, 0.25) is 15.2 Å². The first kappa shape index (κ1) is 14.4. The third-order valence-corrected chi connectivity index (χ3v) is 3.87. The lowest BCUT2D eigenvalue weighted by Gasteiger charge is -2.07. The molecule has 2 aromatic carbocycles. The van der Waals surface area contributed by atoms with Gasteiger partial charge in [0.25, 0.3) is 0 Å². The van der Waals surface area contributed by atoms with E-state index in [0.717, 1.165) is 5.39 Å². The number of hydrogen-bond acceptors (Lipinski definition) is 3. The van der Waals surface area contributed by atoms with Gasteiger partial charge in [0.1, 0.15) is 10.9 Å². The first-order valence-electron chi connectivity index (χ1n) is 6.05. The molecule has 0 saturated carbocycles. The molecule has 0 bridgehead atoms. The van der Waals surface area contributed by atoms with Crippen molar-refractivity contribution in [2.45, 2.75) is 0 Å². The highest BCUT2D eigenvalue weighted by atomic mass is 35.5. The van der Waals surface area contributed by atoms with E-state index in [1.807, 2.05) is 12.1 Å². The average molecular weight is 340 g/mol. The molecule has 0 radical (unpaired) electrons. The number of ether oxygens (including phenoxy) is 1. The number of hydrogen-bond donors (Lipinski definition) is 0. The van der Waals surface area contributed by atoms with Crippen molar-refractivity contribution in [3.63, 3.8) is 0 Å². The number of benzene rings is 2. The standard InChI is InChI=1S/C15H9Cl3N2O/c1-21-9-3-5-11-13(7-9)19-15(20-14(11)18)10-4-2-8(16)6-12(10)17/h2-7H,1H3. The second-order valence-corrected chi connectivity index (χ2v) is 5.55. The van der Waals surface area contributed by atoms with Crippen LogP contribution in [0.15, 0.2) is 36.4 Å². The molecule has 0 fully saturated rings. The van der Waals surface area contributed by atoms with E-state index in [1.165, 1.54) is 0 Å². The van der Waals surface area contributed by atoms with Crippen LogP contribution in [0, 0.1) is 0 Å². The molecule has 0 aliphatic carbocycles. The van der Waals surface area contributed by atoms with Crippen LogP contribution in [0.25, 0.3) is 22.3 Å². The van der Waals surface area contributed by atoms with Crippen molar-refractivity contribution in [2.24, 2.45) is 0 Å². The average Bonchev–Trinajstić information content (AvgIpc) is 2.46. The summed E-state index contributed by atoms with van der Waals surface area (Å²) in [5.41, 5.74) is 1.36. The zero-order valence-corrected chi connectivity index (χ0v) is 13.2. The van der Waals surface area contributed by atoms with Crippen molar-refractivity contribution < 1.29 is 4.74 Å². The summed E-state index contributed by atoms with van der Waals surface area (Å²) in [5.74, 6) is 1.15. The predicted octanol–water partition coefficient (Wildman–Crippen LogP) is 5.27. The number of nitrogens with zero attached hydrogens (tertiary/aromatic N) is 2. The Morgan fingerprint density at radius 2 is 1.76 bits per heavy atom. The van der Waals surface area contributed by atoms with Crippen LogP contribution in [0.3, 0.4) is 0 Å². The molecule has 0 amide bonds. The molecule has 0 spiro atoms. The van der Waals surface area contributed by atoms with Crippen LogP contribution in [0.5, 0.6) is 5.75 Å². The molecule has 0 unspecified atom stereocenters.